The molecule has 1 aliphatic heterocycles. The molecule has 1 aromatic heterocycles. The van der Waals surface area contributed by atoms with Gasteiger partial charge in [-0.05, 0) is 48.7 Å². The van der Waals surface area contributed by atoms with Gasteiger partial charge in [-0.25, -0.2) is 9.78 Å². The smallest absolute Gasteiger partial charge is 0.354 e. The summed E-state index contributed by atoms with van der Waals surface area (Å²) in [5, 5.41) is 9.30. The molecule has 5 nitrogen and oxygen atoms in total. The van der Waals surface area contributed by atoms with Crippen molar-refractivity contribution in [2.45, 2.75) is 18.9 Å². The number of halogens is 1. The molecule has 0 amide bonds. The molecule has 29 heavy (non-hydrogen) atoms. The van der Waals surface area contributed by atoms with Crippen molar-refractivity contribution < 1.29 is 19.4 Å². The van der Waals surface area contributed by atoms with Gasteiger partial charge in [0, 0.05) is 22.2 Å². The van der Waals surface area contributed by atoms with E-state index in [0.717, 1.165) is 46.4 Å². The maximum atomic E-state index is 11.3. The normalized spacial score (nSPS) is 16.0. The Labute approximate surface area is 177 Å². The number of ether oxygens (including phenoxy) is 2. The molecule has 0 bridgehead atoms. The second kappa shape index (κ2) is 8.76. The van der Waals surface area contributed by atoms with Crippen LogP contribution < -0.4 is 4.74 Å². The van der Waals surface area contributed by atoms with Gasteiger partial charge >= 0.3 is 5.97 Å². The summed E-state index contributed by atoms with van der Waals surface area (Å²) < 4.78 is 12.7. The molecular weight excluding hydrogens is 434 g/mol. The molecule has 1 N–H and O–H groups in total. The summed E-state index contributed by atoms with van der Waals surface area (Å²) in [6.07, 6.45) is 2.19. The fraction of sp³-hybridized carbons (Fsp3) is 0.217. The Hall–Kier alpha value is -2.70. The van der Waals surface area contributed by atoms with E-state index in [1.54, 1.807) is 6.07 Å². The standard InChI is InChI=1S/C23H20BrNO4/c24-15-10-11-22(29-14-16-5-4-12-28-16)19(13-15)17-6-1-2-7-18(17)20-8-3-9-21(25-20)23(26)27/h1-3,6-11,13,16H,4-5,12,14H2,(H,26,27). The number of aromatic carboxylic acids is 1. The van der Waals surface area contributed by atoms with E-state index in [4.69, 9.17) is 9.47 Å². The van der Waals surface area contributed by atoms with Crippen molar-refractivity contribution in [3.8, 4) is 28.1 Å². The minimum Gasteiger partial charge on any atom is -0.490 e. The molecule has 0 radical (unpaired) electrons. The van der Waals surface area contributed by atoms with Crippen molar-refractivity contribution in [2.75, 3.05) is 13.2 Å². The number of benzene rings is 2. The first-order chi connectivity index (χ1) is 14.1. The summed E-state index contributed by atoms with van der Waals surface area (Å²) in [6.45, 7) is 1.29. The van der Waals surface area contributed by atoms with E-state index in [-0.39, 0.29) is 11.8 Å². The molecule has 1 atom stereocenters. The highest BCUT2D eigenvalue weighted by atomic mass is 79.9. The Kier molecular flexibility index (Phi) is 5.92. The SMILES string of the molecule is O=C(O)c1cccc(-c2ccccc2-c2cc(Br)ccc2OCC2CCCO2)n1. The highest BCUT2D eigenvalue weighted by molar-refractivity contribution is 9.10. The number of aromatic nitrogens is 1. The molecule has 0 aliphatic carbocycles. The van der Waals surface area contributed by atoms with Crippen molar-refractivity contribution in [1.82, 2.24) is 4.98 Å². The molecule has 1 fully saturated rings. The number of rotatable bonds is 6. The Morgan fingerprint density at radius 1 is 1.10 bits per heavy atom. The van der Waals surface area contributed by atoms with Crippen LogP contribution in [-0.4, -0.2) is 35.4 Å². The molecule has 0 saturated carbocycles. The van der Waals surface area contributed by atoms with Crippen molar-refractivity contribution in [1.29, 1.82) is 0 Å². The van der Waals surface area contributed by atoms with E-state index < -0.39 is 5.97 Å². The van der Waals surface area contributed by atoms with E-state index >= 15 is 0 Å². The minimum absolute atomic E-state index is 0.0152. The average Bonchev–Trinajstić information content (AvgIpc) is 3.26. The van der Waals surface area contributed by atoms with Crippen LogP contribution in [0.15, 0.2) is 65.1 Å². The first-order valence-corrected chi connectivity index (χ1v) is 10.2. The van der Waals surface area contributed by atoms with Gasteiger partial charge in [-0.2, -0.15) is 0 Å². The fourth-order valence-electron chi connectivity index (χ4n) is 3.44. The van der Waals surface area contributed by atoms with Gasteiger partial charge in [-0.1, -0.05) is 46.3 Å². The summed E-state index contributed by atoms with van der Waals surface area (Å²) >= 11 is 3.55. The second-order valence-electron chi connectivity index (χ2n) is 6.85. The third-order valence-corrected chi connectivity index (χ3v) is 5.34. The van der Waals surface area contributed by atoms with Gasteiger partial charge in [0.25, 0.3) is 0 Å². The predicted octanol–water partition coefficient (Wildman–Crippen LogP) is 5.43. The lowest BCUT2D eigenvalue weighted by atomic mass is 9.96. The van der Waals surface area contributed by atoms with Gasteiger partial charge in [0.2, 0.25) is 0 Å². The maximum Gasteiger partial charge on any atom is 0.354 e. The van der Waals surface area contributed by atoms with Crippen LogP contribution >= 0.6 is 15.9 Å². The number of carbonyl (C=O) groups is 1. The van der Waals surface area contributed by atoms with Crippen LogP contribution in [0.1, 0.15) is 23.3 Å². The van der Waals surface area contributed by atoms with E-state index in [0.29, 0.717) is 12.3 Å². The molecule has 3 aromatic rings. The molecule has 1 unspecified atom stereocenters. The van der Waals surface area contributed by atoms with Gasteiger partial charge in [-0.3, -0.25) is 0 Å². The molecule has 148 valence electrons. The Morgan fingerprint density at radius 3 is 2.69 bits per heavy atom. The molecule has 0 spiro atoms. The highest BCUT2D eigenvalue weighted by Crippen LogP contribution is 2.38. The summed E-state index contributed by atoms with van der Waals surface area (Å²) in [4.78, 5) is 15.7. The second-order valence-corrected chi connectivity index (χ2v) is 7.76. The highest BCUT2D eigenvalue weighted by Gasteiger charge is 2.19. The van der Waals surface area contributed by atoms with Crippen molar-refractivity contribution >= 4 is 21.9 Å². The number of nitrogens with zero attached hydrogens (tertiary/aromatic N) is 1. The largest absolute Gasteiger partial charge is 0.490 e. The topological polar surface area (TPSA) is 68.7 Å². The fourth-order valence-corrected chi connectivity index (χ4v) is 3.80. The minimum atomic E-state index is -1.05. The van der Waals surface area contributed by atoms with Crippen LogP contribution in [0.3, 0.4) is 0 Å². The molecular formula is C23H20BrNO4. The zero-order chi connectivity index (χ0) is 20.2. The number of hydrogen-bond donors (Lipinski definition) is 1. The number of hydrogen-bond acceptors (Lipinski definition) is 4. The van der Waals surface area contributed by atoms with Crippen LogP contribution in [0.5, 0.6) is 5.75 Å². The Balaban J connectivity index is 1.74. The van der Waals surface area contributed by atoms with Crippen molar-refractivity contribution in [3.63, 3.8) is 0 Å². The van der Waals surface area contributed by atoms with Crippen LogP contribution in [0.2, 0.25) is 0 Å². The average molecular weight is 454 g/mol. The quantitative estimate of drug-likeness (QED) is 0.538. The molecule has 6 heteroatoms. The Bertz CT molecular complexity index is 1030. The summed E-state index contributed by atoms with van der Waals surface area (Å²) in [5.41, 5.74) is 3.30. The first-order valence-electron chi connectivity index (χ1n) is 9.46. The summed E-state index contributed by atoms with van der Waals surface area (Å²) in [5.74, 6) is -0.294. The monoisotopic (exact) mass is 453 g/mol. The number of pyridine rings is 1. The van der Waals surface area contributed by atoms with E-state index in [9.17, 15) is 9.90 Å². The molecule has 1 saturated heterocycles. The van der Waals surface area contributed by atoms with Crippen LogP contribution in [0, 0.1) is 0 Å². The van der Waals surface area contributed by atoms with Crippen molar-refractivity contribution in [3.05, 3.63) is 70.8 Å². The zero-order valence-electron chi connectivity index (χ0n) is 15.7. The molecule has 2 aromatic carbocycles. The third kappa shape index (κ3) is 4.49. The van der Waals surface area contributed by atoms with Crippen LogP contribution in [0.4, 0.5) is 0 Å². The Morgan fingerprint density at radius 2 is 1.93 bits per heavy atom. The van der Waals surface area contributed by atoms with Crippen LogP contribution in [0.25, 0.3) is 22.4 Å². The molecule has 4 rings (SSSR count). The molecule has 1 aliphatic rings. The lowest BCUT2D eigenvalue weighted by Gasteiger charge is -2.17. The zero-order valence-corrected chi connectivity index (χ0v) is 17.3. The van der Waals surface area contributed by atoms with Gasteiger partial charge in [0.05, 0.1) is 11.8 Å². The first kappa shape index (κ1) is 19.6. The van der Waals surface area contributed by atoms with Gasteiger partial charge < -0.3 is 14.6 Å². The number of carboxylic acids is 1. The predicted molar refractivity (Wildman–Crippen MR) is 114 cm³/mol. The summed E-state index contributed by atoms with van der Waals surface area (Å²) in [6, 6.07) is 18.7. The lowest BCUT2D eigenvalue weighted by Crippen LogP contribution is -2.16. The van der Waals surface area contributed by atoms with Gasteiger partial charge in [-0.15, -0.1) is 0 Å². The van der Waals surface area contributed by atoms with E-state index in [2.05, 4.69) is 20.9 Å². The lowest BCUT2D eigenvalue weighted by molar-refractivity contribution is 0.0681. The number of carboxylic acid groups (broad SMARTS) is 1. The van der Waals surface area contributed by atoms with Gasteiger partial charge in [0.1, 0.15) is 18.1 Å². The van der Waals surface area contributed by atoms with E-state index in [1.165, 1.54) is 6.07 Å². The summed E-state index contributed by atoms with van der Waals surface area (Å²) in [7, 11) is 0. The third-order valence-electron chi connectivity index (χ3n) is 4.85. The maximum absolute atomic E-state index is 11.3. The van der Waals surface area contributed by atoms with Crippen molar-refractivity contribution in [2.24, 2.45) is 0 Å². The van der Waals surface area contributed by atoms with Gasteiger partial charge in [0.15, 0.2) is 0 Å². The van der Waals surface area contributed by atoms with E-state index in [1.807, 2.05) is 48.5 Å². The molecule has 2 heterocycles. The van der Waals surface area contributed by atoms with Crippen LogP contribution in [-0.2, 0) is 4.74 Å².